The second-order valence-electron chi connectivity index (χ2n) is 8.17. The molecule has 34 heavy (non-hydrogen) atoms. The van der Waals surface area contributed by atoms with Crippen molar-refractivity contribution in [3.8, 4) is 11.5 Å². The number of anilines is 2. The molecular formula is C24H26ClFN4O4. The average Bonchev–Trinajstić information content (AvgIpc) is 2.86. The van der Waals surface area contributed by atoms with Crippen LogP contribution in [0, 0.1) is 11.7 Å². The highest BCUT2D eigenvalue weighted by atomic mass is 35.5. The molecule has 1 aromatic heterocycles. The van der Waals surface area contributed by atoms with Crippen LogP contribution in [0.1, 0.15) is 25.7 Å². The fourth-order valence-corrected chi connectivity index (χ4v) is 4.39. The summed E-state index contributed by atoms with van der Waals surface area (Å²) >= 11 is 5.91. The molecule has 1 aliphatic rings. The molecular weight excluding hydrogens is 463 g/mol. The van der Waals surface area contributed by atoms with Crippen molar-refractivity contribution < 1.29 is 23.4 Å². The van der Waals surface area contributed by atoms with E-state index < -0.39 is 17.8 Å². The molecule has 10 heteroatoms. The SMILES string of the molecule is COC(=O)C(N)C1CCC(Oc2cc3c(Nc4cccc(Cl)c4F)ncnc3cc2OC)CC1. The minimum absolute atomic E-state index is 0.0107. The number of halogens is 2. The number of carbonyl (C=O) groups is 1. The smallest absolute Gasteiger partial charge is 0.322 e. The van der Waals surface area contributed by atoms with Crippen molar-refractivity contribution in [1.29, 1.82) is 0 Å². The number of carbonyl (C=O) groups excluding carboxylic acids is 1. The van der Waals surface area contributed by atoms with Crippen LogP contribution in [0.5, 0.6) is 11.5 Å². The van der Waals surface area contributed by atoms with Crippen LogP contribution in [0.2, 0.25) is 5.02 Å². The predicted molar refractivity (Wildman–Crippen MR) is 127 cm³/mol. The summed E-state index contributed by atoms with van der Waals surface area (Å²) < 4.78 is 31.0. The molecule has 0 spiro atoms. The Balaban J connectivity index is 1.57. The van der Waals surface area contributed by atoms with Gasteiger partial charge in [-0.15, -0.1) is 0 Å². The number of hydrogen-bond donors (Lipinski definition) is 2. The van der Waals surface area contributed by atoms with Crippen molar-refractivity contribution in [2.75, 3.05) is 19.5 Å². The first-order valence-electron chi connectivity index (χ1n) is 10.9. The van der Waals surface area contributed by atoms with E-state index in [1.165, 1.54) is 19.5 Å². The normalized spacial score (nSPS) is 18.9. The maximum absolute atomic E-state index is 14.4. The molecule has 1 heterocycles. The van der Waals surface area contributed by atoms with Gasteiger partial charge in [0.15, 0.2) is 17.3 Å². The second kappa shape index (κ2) is 10.4. The molecule has 1 unspecified atom stereocenters. The van der Waals surface area contributed by atoms with E-state index in [4.69, 9.17) is 31.5 Å². The molecule has 8 nitrogen and oxygen atoms in total. The average molecular weight is 489 g/mol. The van der Waals surface area contributed by atoms with Crippen molar-refractivity contribution >= 4 is 40.0 Å². The van der Waals surface area contributed by atoms with Crippen molar-refractivity contribution in [3.05, 3.63) is 47.5 Å². The van der Waals surface area contributed by atoms with E-state index in [1.54, 1.807) is 31.4 Å². The highest BCUT2D eigenvalue weighted by molar-refractivity contribution is 6.31. The monoisotopic (exact) mass is 488 g/mol. The van der Waals surface area contributed by atoms with E-state index in [1.807, 2.05) is 0 Å². The number of rotatable bonds is 7. The number of aromatic nitrogens is 2. The lowest BCUT2D eigenvalue weighted by atomic mass is 9.83. The molecule has 0 aliphatic heterocycles. The summed E-state index contributed by atoms with van der Waals surface area (Å²) in [6.07, 6.45) is 4.29. The molecule has 2 aromatic carbocycles. The van der Waals surface area contributed by atoms with E-state index in [2.05, 4.69) is 15.3 Å². The lowest BCUT2D eigenvalue weighted by molar-refractivity contribution is -0.144. The first kappa shape index (κ1) is 24.0. The number of esters is 1. The lowest BCUT2D eigenvalue weighted by Gasteiger charge is -2.31. The Morgan fingerprint density at radius 3 is 2.65 bits per heavy atom. The summed E-state index contributed by atoms with van der Waals surface area (Å²) in [7, 11) is 2.90. The van der Waals surface area contributed by atoms with Gasteiger partial charge in [0.25, 0.3) is 0 Å². The summed E-state index contributed by atoms with van der Waals surface area (Å²) in [6, 6.07) is 7.61. The number of nitrogens with two attached hydrogens (primary N) is 1. The standard InChI is InChI=1S/C24H26ClFN4O4/c1-32-19-11-18-15(23(29-12-28-18)30-17-5-3-4-16(25)21(17)26)10-20(19)34-14-8-6-13(7-9-14)22(27)24(31)33-2/h3-5,10-14,22H,6-9,27H2,1-2H3,(H,28,29,30). The molecule has 0 radical (unpaired) electrons. The molecule has 0 amide bonds. The summed E-state index contributed by atoms with van der Waals surface area (Å²) in [5.74, 6) is 0.563. The number of hydrogen-bond acceptors (Lipinski definition) is 8. The quantitative estimate of drug-likeness (QED) is 0.464. The number of ether oxygens (including phenoxy) is 3. The minimum atomic E-state index is -0.626. The number of methoxy groups -OCH3 is 2. The Kier molecular flexibility index (Phi) is 7.33. The van der Waals surface area contributed by atoms with Crippen molar-refractivity contribution in [2.45, 2.75) is 37.8 Å². The van der Waals surface area contributed by atoms with Gasteiger partial charge in [-0.1, -0.05) is 17.7 Å². The maximum Gasteiger partial charge on any atom is 0.322 e. The molecule has 4 rings (SSSR count). The zero-order valence-electron chi connectivity index (χ0n) is 18.9. The first-order valence-corrected chi connectivity index (χ1v) is 11.3. The van der Waals surface area contributed by atoms with E-state index in [9.17, 15) is 9.18 Å². The van der Waals surface area contributed by atoms with E-state index in [-0.39, 0.29) is 22.7 Å². The van der Waals surface area contributed by atoms with Gasteiger partial charge in [0.1, 0.15) is 18.2 Å². The number of benzene rings is 2. The van der Waals surface area contributed by atoms with Crippen LogP contribution < -0.4 is 20.5 Å². The summed E-state index contributed by atoms with van der Waals surface area (Å²) in [6.45, 7) is 0. The summed E-state index contributed by atoms with van der Waals surface area (Å²) in [5, 5.41) is 3.64. The van der Waals surface area contributed by atoms with E-state index in [0.29, 0.717) is 28.2 Å². The molecule has 1 atom stereocenters. The Hall–Kier alpha value is -3.17. The third kappa shape index (κ3) is 5.00. The molecule has 1 fully saturated rings. The molecule has 1 saturated carbocycles. The van der Waals surface area contributed by atoms with Crippen LogP contribution in [-0.2, 0) is 9.53 Å². The Labute approximate surface area is 201 Å². The highest BCUT2D eigenvalue weighted by Gasteiger charge is 2.31. The summed E-state index contributed by atoms with van der Waals surface area (Å²) in [5.41, 5.74) is 6.83. The largest absolute Gasteiger partial charge is 0.493 e. The van der Waals surface area contributed by atoms with Gasteiger partial charge in [-0.05, 0) is 49.8 Å². The van der Waals surface area contributed by atoms with Gasteiger partial charge in [-0.25, -0.2) is 14.4 Å². The van der Waals surface area contributed by atoms with Gasteiger partial charge in [-0.3, -0.25) is 4.79 Å². The zero-order valence-corrected chi connectivity index (χ0v) is 19.6. The topological polar surface area (TPSA) is 109 Å². The fraction of sp³-hybridized carbons (Fsp3) is 0.375. The van der Waals surface area contributed by atoms with Crippen LogP contribution in [0.3, 0.4) is 0 Å². The number of nitrogens with one attached hydrogen (secondary N) is 1. The van der Waals surface area contributed by atoms with Crippen LogP contribution in [0.25, 0.3) is 10.9 Å². The first-order chi connectivity index (χ1) is 16.4. The third-order valence-corrected chi connectivity index (χ3v) is 6.41. The second-order valence-corrected chi connectivity index (χ2v) is 8.58. The minimum Gasteiger partial charge on any atom is -0.493 e. The van der Waals surface area contributed by atoms with Gasteiger partial charge in [0.2, 0.25) is 0 Å². The fourth-order valence-electron chi connectivity index (χ4n) is 4.22. The lowest BCUT2D eigenvalue weighted by Crippen LogP contribution is -2.41. The highest BCUT2D eigenvalue weighted by Crippen LogP contribution is 2.38. The van der Waals surface area contributed by atoms with Crippen LogP contribution in [0.4, 0.5) is 15.9 Å². The van der Waals surface area contributed by atoms with Crippen LogP contribution in [-0.4, -0.2) is 42.3 Å². The van der Waals surface area contributed by atoms with E-state index >= 15 is 0 Å². The third-order valence-electron chi connectivity index (χ3n) is 6.12. The molecule has 0 bridgehead atoms. The summed E-state index contributed by atoms with van der Waals surface area (Å²) in [4.78, 5) is 20.3. The zero-order chi connectivity index (χ0) is 24.2. The van der Waals surface area contributed by atoms with Crippen molar-refractivity contribution in [2.24, 2.45) is 11.7 Å². The maximum atomic E-state index is 14.4. The number of nitrogens with zero attached hydrogens (tertiary/aromatic N) is 2. The van der Waals surface area contributed by atoms with E-state index in [0.717, 1.165) is 25.7 Å². The van der Waals surface area contributed by atoms with Crippen molar-refractivity contribution in [3.63, 3.8) is 0 Å². The van der Waals surface area contributed by atoms with Crippen LogP contribution in [0.15, 0.2) is 36.7 Å². The Morgan fingerprint density at radius 1 is 1.18 bits per heavy atom. The van der Waals surface area contributed by atoms with Crippen molar-refractivity contribution in [1.82, 2.24) is 9.97 Å². The molecule has 180 valence electrons. The molecule has 1 aliphatic carbocycles. The van der Waals surface area contributed by atoms with Gasteiger partial charge in [0.05, 0.1) is 36.6 Å². The van der Waals surface area contributed by atoms with Gasteiger partial charge >= 0.3 is 5.97 Å². The molecule has 0 saturated heterocycles. The molecule has 3 aromatic rings. The van der Waals surface area contributed by atoms with Gasteiger partial charge in [-0.2, -0.15) is 0 Å². The Morgan fingerprint density at radius 2 is 1.94 bits per heavy atom. The molecule has 3 N–H and O–H groups in total. The predicted octanol–water partition coefficient (Wildman–Crippen LogP) is 4.61. The van der Waals surface area contributed by atoms with Crippen LogP contribution >= 0.6 is 11.6 Å². The van der Waals surface area contributed by atoms with Gasteiger partial charge < -0.3 is 25.3 Å². The Bertz CT molecular complexity index is 1190. The number of fused-ring (bicyclic) bond motifs is 1. The van der Waals surface area contributed by atoms with Gasteiger partial charge in [0, 0.05) is 11.5 Å².